The third-order valence-corrected chi connectivity index (χ3v) is 4.90. The molecule has 0 saturated carbocycles. The molecule has 32 heavy (non-hydrogen) atoms. The van der Waals surface area contributed by atoms with Crippen molar-refractivity contribution in [1.29, 1.82) is 0 Å². The van der Waals surface area contributed by atoms with Gasteiger partial charge in [-0.1, -0.05) is 0 Å². The molecule has 0 aromatic rings. The molecule has 180 valence electrons. The fraction of sp³-hybridized carbons (Fsp3) is 0.667. The van der Waals surface area contributed by atoms with Gasteiger partial charge in [0.05, 0.1) is 18.6 Å². The van der Waals surface area contributed by atoms with Crippen LogP contribution < -0.4 is 22.1 Å². The summed E-state index contributed by atoms with van der Waals surface area (Å²) in [6, 6.07) is -5.48. The van der Waals surface area contributed by atoms with Crippen molar-refractivity contribution >= 4 is 35.6 Å². The molecule has 1 rings (SSSR count). The Bertz CT molecular complexity index is 757. The SMILES string of the molecule is CC(O)C(NC(=O)C(CCC(=O)O)NC(=O)C(N)CC(N)=O)C(=O)N1CCCC1C(=O)O. The van der Waals surface area contributed by atoms with E-state index in [9.17, 15) is 39.0 Å². The van der Waals surface area contributed by atoms with Gasteiger partial charge in [0.25, 0.3) is 0 Å². The number of carboxylic acid groups (broad SMARTS) is 2. The number of aliphatic carboxylic acids is 2. The van der Waals surface area contributed by atoms with Crippen molar-refractivity contribution < 1.29 is 44.1 Å². The average molecular weight is 459 g/mol. The highest BCUT2D eigenvalue weighted by Crippen LogP contribution is 2.19. The average Bonchev–Trinajstić information content (AvgIpc) is 3.17. The normalized spacial score (nSPS) is 19.3. The van der Waals surface area contributed by atoms with Gasteiger partial charge in [-0.05, 0) is 26.2 Å². The molecule has 1 heterocycles. The number of rotatable bonds is 12. The second-order valence-electron chi connectivity index (χ2n) is 7.53. The first-order valence-corrected chi connectivity index (χ1v) is 9.92. The van der Waals surface area contributed by atoms with Gasteiger partial charge in [-0.3, -0.25) is 24.0 Å². The molecule has 4 amide bonds. The molecule has 14 heteroatoms. The maximum absolute atomic E-state index is 12.8. The molecule has 0 spiro atoms. The molecule has 1 aliphatic rings. The summed E-state index contributed by atoms with van der Waals surface area (Å²) in [4.78, 5) is 72.0. The minimum absolute atomic E-state index is 0.121. The zero-order valence-electron chi connectivity index (χ0n) is 17.5. The number of likely N-dealkylation sites (tertiary alicyclic amines) is 1. The number of aliphatic hydroxyl groups excluding tert-OH is 1. The van der Waals surface area contributed by atoms with Gasteiger partial charge in [0, 0.05) is 13.0 Å². The molecule has 0 radical (unpaired) electrons. The van der Waals surface area contributed by atoms with Gasteiger partial charge >= 0.3 is 11.9 Å². The predicted molar refractivity (Wildman–Crippen MR) is 107 cm³/mol. The van der Waals surface area contributed by atoms with Crippen LogP contribution in [0, 0.1) is 0 Å². The standard InChI is InChI=1S/C18H29N5O9/c1-8(24)14(17(30)23-6-2-3-11(23)18(31)32)22-16(29)10(4-5-13(26)27)21-15(28)9(19)7-12(20)25/h8-11,14,24H,2-7,19H2,1H3,(H2,20,25)(H,21,28)(H,22,29)(H,26,27)(H,31,32). The van der Waals surface area contributed by atoms with Crippen molar-refractivity contribution in [3.8, 4) is 0 Å². The molecule has 0 bridgehead atoms. The van der Waals surface area contributed by atoms with Crippen LogP contribution in [0.5, 0.6) is 0 Å². The Kier molecular flexibility index (Phi) is 10.00. The highest BCUT2D eigenvalue weighted by Gasteiger charge is 2.40. The third-order valence-electron chi connectivity index (χ3n) is 4.90. The lowest BCUT2D eigenvalue weighted by molar-refractivity contribution is -0.150. The molecule has 5 atom stereocenters. The number of carbonyl (C=O) groups excluding carboxylic acids is 4. The minimum atomic E-state index is -1.54. The maximum atomic E-state index is 12.8. The summed E-state index contributed by atoms with van der Waals surface area (Å²) in [5.74, 6) is -6.11. The van der Waals surface area contributed by atoms with Gasteiger partial charge in [-0.15, -0.1) is 0 Å². The molecule has 1 aliphatic heterocycles. The second-order valence-corrected chi connectivity index (χ2v) is 7.53. The fourth-order valence-electron chi connectivity index (χ4n) is 3.23. The fourth-order valence-corrected chi connectivity index (χ4v) is 3.23. The summed E-state index contributed by atoms with van der Waals surface area (Å²) in [7, 11) is 0. The van der Waals surface area contributed by atoms with Crippen molar-refractivity contribution in [2.75, 3.05) is 6.54 Å². The number of nitrogens with two attached hydrogens (primary N) is 2. The largest absolute Gasteiger partial charge is 0.481 e. The van der Waals surface area contributed by atoms with E-state index < -0.39 is 78.7 Å². The van der Waals surface area contributed by atoms with Crippen LogP contribution in [-0.2, 0) is 28.8 Å². The Labute approximate surface area is 183 Å². The molecule has 0 aromatic carbocycles. The Morgan fingerprint density at radius 1 is 1.09 bits per heavy atom. The zero-order valence-corrected chi connectivity index (χ0v) is 17.5. The van der Waals surface area contributed by atoms with Crippen LogP contribution in [-0.4, -0.2) is 92.6 Å². The van der Waals surface area contributed by atoms with Crippen molar-refractivity contribution in [2.45, 2.75) is 69.3 Å². The quantitative estimate of drug-likeness (QED) is 0.152. The number of nitrogens with zero attached hydrogens (tertiary/aromatic N) is 1. The predicted octanol–water partition coefficient (Wildman–Crippen LogP) is -3.52. The van der Waals surface area contributed by atoms with E-state index in [2.05, 4.69) is 10.6 Å². The highest BCUT2D eigenvalue weighted by molar-refractivity contribution is 5.95. The lowest BCUT2D eigenvalue weighted by Crippen LogP contribution is -2.60. The lowest BCUT2D eigenvalue weighted by atomic mass is 10.1. The van der Waals surface area contributed by atoms with Crippen LogP contribution in [0.15, 0.2) is 0 Å². The number of hydrogen-bond acceptors (Lipinski definition) is 8. The summed E-state index contributed by atoms with van der Waals surface area (Å²) >= 11 is 0. The molecule has 0 aromatic heterocycles. The first-order valence-electron chi connectivity index (χ1n) is 9.92. The van der Waals surface area contributed by atoms with Crippen molar-refractivity contribution in [2.24, 2.45) is 11.5 Å². The number of hydrogen-bond donors (Lipinski definition) is 7. The summed E-state index contributed by atoms with van der Waals surface area (Å²) in [5, 5.41) is 32.7. The molecular weight excluding hydrogens is 430 g/mol. The van der Waals surface area contributed by atoms with E-state index in [1.807, 2.05) is 0 Å². The Balaban J connectivity index is 2.98. The number of amides is 4. The Morgan fingerprint density at radius 3 is 2.22 bits per heavy atom. The van der Waals surface area contributed by atoms with Crippen LogP contribution in [0.25, 0.3) is 0 Å². The summed E-state index contributed by atoms with van der Waals surface area (Å²) in [5.41, 5.74) is 10.5. The zero-order chi connectivity index (χ0) is 24.6. The molecule has 5 unspecified atom stereocenters. The van der Waals surface area contributed by atoms with Crippen molar-refractivity contribution in [3.05, 3.63) is 0 Å². The Morgan fingerprint density at radius 2 is 1.72 bits per heavy atom. The molecule has 0 aliphatic carbocycles. The Hall–Kier alpha value is -3.26. The van der Waals surface area contributed by atoms with E-state index in [1.54, 1.807) is 0 Å². The summed E-state index contributed by atoms with van der Waals surface area (Å²) < 4.78 is 0. The number of primary amides is 1. The first kappa shape index (κ1) is 26.8. The summed E-state index contributed by atoms with van der Waals surface area (Å²) in [6.07, 6.45) is -2.19. The van der Waals surface area contributed by atoms with Crippen LogP contribution in [0.4, 0.5) is 0 Å². The third kappa shape index (κ3) is 7.77. The van der Waals surface area contributed by atoms with E-state index in [0.717, 1.165) is 4.90 Å². The van der Waals surface area contributed by atoms with Gasteiger partial charge in [0.15, 0.2) is 0 Å². The van der Waals surface area contributed by atoms with Crippen LogP contribution >= 0.6 is 0 Å². The van der Waals surface area contributed by atoms with E-state index >= 15 is 0 Å². The number of carboxylic acids is 2. The minimum Gasteiger partial charge on any atom is -0.481 e. The molecule has 9 N–H and O–H groups in total. The number of aliphatic hydroxyl groups is 1. The number of carbonyl (C=O) groups is 6. The van der Waals surface area contributed by atoms with Crippen molar-refractivity contribution in [3.63, 3.8) is 0 Å². The van der Waals surface area contributed by atoms with E-state index in [1.165, 1.54) is 6.92 Å². The van der Waals surface area contributed by atoms with Crippen molar-refractivity contribution in [1.82, 2.24) is 15.5 Å². The number of nitrogens with one attached hydrogen (secondary N) is 2. The topological polar surface area (TPSA) is 242 Å². The van der Waals surface area contributed by atoms with Gasteiger partial charge in [-0.25, -0.2) is 4.79 Å². The second kappa shape index (κ2) is 12.0. The smallest absolute Gasteiger partial charge is 0.326 e. The molecule has 1 saturated heterocycles. The van der Waals surface area contributed by atoms with Crippen LogP contribution in [0.1, 0.15) is 39.0 Å². The van der Waals surface area contributed by atoms with E-state index in [4.69, 9.17) is 16.6 Å². The van der Waals surface area contributed by atoms with Gasteiger partial charge in [0.2, 0.25) is 23.6 Å². The van der Waals surface area contributed by atoms with Gasteiger partial charge in [0.1, 0.15) is 18.1 Å². The first-order chi connectivity index (χ1) is 14.8. The monoisotopic (exact) mass is 459 g/mol. The van der Waals surface area contributed by atoms with E-state index in [0.29, 0.717) is 6.42 Å². The molecular formula is C18H29N5O9. The molecule has 14 nitrogen and oxygen atoms in total. The van der Waals surface area contributed by atoms with Gasteiger partial charge in [-0.2, -0.15) is 0 Å². The maximum Gasteiger partial charge on any atom is 0.326 e. The van der Waals surface area contributed by atoms with Crippen LogP contribution in [0.3, 0.4) is 0 Å². The van der Waals surface area contributed by atoms with E-state index in [-0.39, 0.29) is 19.4 Å². The molecule has 1 fully saturated rings. The van der Waals surface area contributed by atoms with Gasteiger partial charge < -0.3 is 42.3 Å². The van der Waals surface area contributed by atoms with Crippen LogP contribution in [0.2, 0.25) is 0 Å². The highest BCUT2D eigenvalue weighted by atomic mass is 16.4. The lowest BCUT2D eigenvalue weighted by Gasteiger charge is -2.30. The summed E-state index contributed by atoms with van der Waals surface area (Å²) in [6.45, 7) is 1.33.